The molecule has 3 unspecified atom stereocenters. The second kappa shape index (κ2) is 9.40. The van der Waals surface area contributed by atoms with Crippen molar-refractivity contribution in [2.75, 3.05) is 20.3 Å². The molecular weight excluding hydrogens is 418 g/mol. The highest BCUT2D eigenvalue weighted by Gasteiger charge is 2.51. The van der Waals surface area contributed by atoms with Crippen LogP contribution < -0.4 is 4.74 Å². The van der Waals surface area contributed by atoms with E-state index in [-0.39, 0.29) is 29.5 Å². The van der Waals surface area contributed by atoms with Crippen LogP contribution in [0.5, 0.6) is 5.75 Å². The molecule has 172 valence electrons. The Morgan fingerprint density at radius 3 is 2.67 bits per heavy atom. The molecule has 0 aromatic heterocycles. The van der Waals surface area contributed by atoms with Gasteiger partial charge >= 0.3 is 0 Å². The first kappa shape index (κ1) is 21.7. The first-order valence-electron chi connectivity index (χ1n) is 11.7. The second-order valence-corrected chi connectivity index (χ2v) is 8.89. The van der Waals surface area contributed by atoms with E-state index in [1.807, 2.05) is 54.6 Å². The van der Waals surface area contributed by atoms with Crippen LogP contribution in [0.15, 0.2) is 65.9 Å². The van der Waals surface area contributed by atoms with Crippen LogP contribution in [-0.4, -0.2) is 43.0 Å². The molecule has 2 aromatic carbocycles. The van der Waals surface area contributed by atoms with Gasteiger partial charge < -0.3 is 19.1 Å². The van der Waals surface area contributed by atoms with Crippen molar-refractivity contribution >= 4 is 11.7 Å². The Hall–Kier alpha value is -3.12. The van der Waals surface area contributed by atoms with E-state index in [4.69, 9.17) is 14.2 Å². The third-order valence-electron chi connectivity index (χ3n) is 6.82. The number of carbonyl (C=O) groups is 2. The van der Waals surface area contributed by atoms with Crippen molar-refractivity contribution in [2.45, 2.75) is 44.4 Å². The number of hydrogen-bond donors (Lipinski definition) is 0. The first-order chi connectivity index (χ1) is 16.2. The average Bonchev–Trinajstić information content (AvgIpc) is 3.14. The highest BCUT2D eigenvalue weighted by molar-refractivity contribution is 6.11. The maximum Gasteiger partial charge on any atom is 0.290 e. The number of ketones is 1. The van der Waals surface area contributed by atoms with Gasteiger partial charge in [0.05, 0.1) is 24.1 Å². The SMILES string of the molecule is COCCN1C(=O)C2=C(C(=O)C3CCCCC3O2)C1c1cccc(OCc2ccccc2)c1. The van der Waals surface area contributed by atoms with E-state index in [0.717, 1.165) is 36.8 Å². The van der Waals surface area contributed by atoms with Gasteiger partial charge in [-0.25, -0.2) is 0 Å². The van der Waals surface area contributed by atoms with E-state index < -0.39 is 6.04 Å². The van der Waals surface area contributed by atoms with E-state index in [1.54, 1.807) is 12.0 Å². The summed E-state index contributed by atoms with van der Waals surface area (Å²) >= 11 is 0. The summed E-state index contributed by atoms with van der Waals surface area (Å²) in [4.78, 5) is 28.7. The van der Waals surface area contributed by atoms with E-state index in [9.17, 15) is 9.59 Å². The van der Waals surface area contributed by atoms with Gasteiger partial charge in [0.25, 0.3) is 5.91 Å². The van der Waals surface area contributed by atoms with Gasteiger partial charge in [0.1, 0.15) is 18.5 Å². The van der Waals surface area contributed by atoms with Crippen LogP contribution in [0.3, 0.4) is 0 Å². The number of methoxy groups -OCH3 is 1. The number of fused-ring (bicyclic) bond motifs is 1. The van der Waals surface area contributed by atoms with Crippen LogP contribution >= 0.6 is 0 Å². The Bertz CT molecular complexity index is 1060. The standard InChI is InChI=1S/C27H29NO5/c1-31-15-14-28-24(19-10-7-11-20(16-19)32-17-18-8-3-2-4-9-18)23-25(29)21-12-5-6-13-22(21)33-26(23)27(28)30/h2-4,7-11,16,21-22,24H,5-6,12-15,17H2,1H3. The summed E-state index contributed by atoms with van der Waals surface area (Å²) in [7, 11) is 1.61. The summed E-state index contributed by atoms with van der Waals surface area (Å²) < 4.78 is 17.5. The molecule has 5 rings (SSSR count). The fourth-order valence-corrected chi connectivity index (χ4v) is 5.17. The number of rotatable bonds is 7. The predicted octanol–water partition coefficient (Wildman–Crippen LogP) is 4.21. The first-order valence-corrected chi connectivity index (χ1v) is 11.7. The zero-order chi connectivity index (χ0) is 22.8. The zero-order valence-corrected chi connectivity index (χ0v) is 18.9. The summed E-state index contributed by atoms with van der Waals surface area (Å²) in [5.74, 6) is 0.617. The van der Waals surface area contributed by atoms with Crippen molar-refractivity contribution in [3.05, 3.63) is 77.1 Å². The van der Waals surface area contributed by atoms with E-state index in [0.29, 0.717) is 31.1 Å². The fraction of sp³-hybridized carbons (Fsp3) is 0.407. The Balaban J connectivity index is 1.47. The van der Waals surface area contributed by atoms with Gasteiger partial charge in [-0.05, 0) is 42.5 Å². The molecule has 1 aliphatic carbocycles. The smallest absolute Gasteiger partial charge is 0.290 e. The van der Waals surface area contributed by atoms with Crippen molar-refractivity contribution in [3.8, 4) is 5.75 Å². The average molecular weight is 448 g/mol. The summed E-state index contributed by atoms with van der Waals surface area (Å²) in [5.41, 5.74) is 2.42. The maximum atomic E-state index is 13.6. The Morgan fingerprint density at radius 2 is 1.85 bits per heavy atom. The normalized spacial score (nSPS) is 24.4. The van der Waals surface area contributed by atoms with Crippen LogP contribution in [0.1, 0.15) is 42.9 Å². The van der Waals surface area contributed by atoms with Gasteiger partial charge in [0.15, 0.2) is 11.5 Å². The quantitative estimate of drug-likeness (QED) is 0.636. The highest BCUT2D eigenvalue weighted by atomic mass is 16.5. The molecule has 2 heterocycles. The molecule has 2 aliphatic heterocycles. The molecule has 0 bridgehead atoms. The van der Waals surface area contributed by atoms with Crippen LogP contribution in [-0.2, 0) is 25.7 Å². The van der Waals surface area contributed by atoms with Crippen molar-refractivity contribution in [1.82, 2.24) is 4.90 Å². The number of Topliss-reactive ketones (excluding diaryl/α,β-unsaturated/α-hetero) is 1. The number of amides is 1. The summed E-state index contributed by atoms with van der Waals surface area (Å²) in [6, 6.07) is 17.2. The Morgan fingerprint density at radius 1 is 1.03 bits per heavy atom. The second-order valence-electron chi connectivity index (χ2n) is 8.89. The topological polar surface area (TPSA) is 65.1 Å². The lowest BCUT2D eigenvalue weighted by molar-refractivity contribution is -0.135. The molecule has 3 aliphatic rings. The summed E-state index contributed by atoms with van der Waals surface area (Å²) in [6.45, 7) is 1.21. The molecule has 33 heavy (non-hydrogen) atoms. The minimum atomic E-state index is -0.488. The zero-order valence-electron chi connectivity index (χ0n) is 18.9. The van der Waals surface area contributed by atoms with Gasteiger partial charge in [0.2, 0.25) is 0 Å². The van der Waals surface area contributed by atoms with Gasteiger partial charge in [-0.15, -0.1) is 0 Å². The molecular formula is C27H29NO5. The molecule has 3 atom stereocenters. The molecule has 0 radical (unpaired) electrons. The number of benzene rings is 2. The van der Waals surface area contributed by atoms with Gasteiger partial charge in [0, 0.05) is 13.7 Å². The van der Waals surface area contributed by atoms with Crippen LogP contribution in [0, 0.1) is 5.92 Å². The lowest BCUT2D eigenvalue weighted by Crippen LogP contribution is -2.39. The number of carbonyl (C=O) groups excluding carboxylic acids is 2. The van der Waals surface area contributed by atoms with Gasteiger partial charge in [-0.2, -0.15) is 0 Å². The minimum absolute atomic E-state index is 0.0647. The Labute approximate surface area is 194 Å². The molecule has 0 spiro atoms. The maximum absolute atomic E-state index is 13.6. The van der Waals surface area contributed by atoms with Crippen molar-refractivity contribution in [1.29, 1.82) is 0 Å². The van der Waals surface area contributed by atoms with Crippen molar-refractivity contribution < 1.29 is 23.8 Å². The molecule has 0 saturated heterocycles. The fourth-order valence-electron chi connectivity index (χ4n) is 5.17. The van der Waals surface area contributed by atoms with E-state index in [1.165, 1.54) is 0 Å². The van der Waals surface area contributed by atoms with Crippen molar-refractivity contribution in [3.63, 3.8) is 0 Å². The van der Waals surface area contributed by atoms with Gasteiger partial charge in [-0.3, -0.25) is 9.59 Å². The van der Waals surface area contributed by atoms with E-state index >= 15 is 0 Å². The number of hydrogen-bond acceptors (Lipinski definition) is 5. The molecule has 1 saturated carbocycles. The molecule has 1 fully saturated rings. The van der Waals surface area contributed by atoms with Crippen molar-refractivity contribution in [2.24, 2.45) is 5.92 Å². The molecule has 6 heteroatoms. The van der Waals surface area contributed by atoms with E-state index in [2.05, 4.69) is 0 Å². The minimum Gasteiger partial charge on any atom is -0.489 e. The molecule has 0 N–H and O–H groups in total. The predicted molar refractivity (Wildman–Crippen MR) is 122 cm³/mol. The van der Waals surface area contributed by atoms with Crippen LogP contribution in [0.2, 0.25) is 0 Å². The largest absolute Gasteiger partial charge is 0.489 e. The molecule has 1 amide bonds. The highest BCUT2D eigenvalue weighted by Crippen LogP contribution is 2.47. The third-order valence-corrected chi connectivity index (χ3v) is 6.82. The van der Waals surface area contributed by atoms with Crippen LogP contribution in [0.4, 0.5) is 0 Å². The molecule has 2 aromatic rings. The molecule has 6 nitrogen and oxygen atoms in total. The number of ether oxygens (including phenoxy) is 3. The summed E-state index contributed by atoms with van der Waals surface area (Å²) in [6.07, 6.45) is 3.51. The van der Waals surface area contributed by atoms with Crippen LogP contribution in [0.25, 0.3) is 0 Å². The lowest BCUT2D eigenvalue weighted by Gasteiger charge is -2.35. The Kier molecular flexibility index (Phi) is 6.18. The number of nitrogens with zero attached hydrogens (tertiary/aromatic N) is 1. The lowest BCUT2D eigenvalue weighted by atomic mass is 9.77. The summed E-state index contributed by atoms with van der Waals surface area (Å²) in [5, 5.41) is 0. The van der Waals surface area contributed by atoms with Gasteiger partial charge in [-0.1, -0.05) is 48.9 Å². The third kappa shape index (κ3) is 4.15. The monoisotopic (exact) mass is 447 g/mol.